The zero-order valence-corrected chi connectivity index (χ0v) is 14.7. The van der Waals surface area contributed by atoms with Crippen LogP contribution >= 0.6 is 12.4 Å². The van der Waals surface area contributed by atoms with E-state index in [1.807, 2.05) is 34.6 Å². The number of nitrogens with zero attached hydrogens (tertiary/aromatic N) is 2. The normalized spacial score (nSPS) is 18.9. The Bertz CT molecular complexity index is 772. The number of carbonyl (C=O) groups is 1. The van der Waals surface area contributed by atoms with E-state index in [4.69, 9.17) is 5.73 Å². The molecule has 2 atom stereocenters. The van der Waals surface area contributed by atoms with Gasteiger partial charge in [0, 0.05) is 36.8 Å². The van der Waals surface area contributed by atoms with E-state index < -0.39 is 0 Å². The monoisotopic (exact) mass is 349 g/mol. The summed E-state index contributed by atoms with van der Waals surface area (Å²) in [4.78, 5) is 26.5. The first-order chi connectivity index (χ1) is 11.1. The molecule has 5 nitrogen and oxygen atoms in total. The summed E-state index contributed by atoms with van der Waals surface area (Å²) in [7, 11) is 0. The number of carbonyl (C=O) groups excluding carboxylic acids is 1. The lowest BCUT2D eigenvalue weighted by Gasteiger charge is -2.34. The number of benzene rings is 1. The summed E-state index contributed by atoms with van der Waals surface area (Å²) in [6.07, 6.45) is 3.79. The maximum absolute atomic E-state index is 12.7. The molecule has 1 aliphatic rings. The second-order valence-electron chi connectivity index (χ2n) is 6.43. The number of aromatic nitrogens is 1. The molecule has 0 radical (unpaired) electrons. The smallest absolute Gasteiger partial charge is 0.242 e. The number of hydrogen-bond acceptors (Lipinski definition) is 3. The molecule has 2 heterocycles. The van der Waals surface area contributed by atoms with Crippen LogP contribution in [0.1, 0.15) is 19.8 Å². The fourth-order valence-corrected chi connectivity index (χ4v) is 3.31. The van der Waals surface area contributed by atoms with Gasteiger partial charge in [0.25, 0.3) is 0 Å². The number of hydrogen-bond donors (Lipinski definition) is 1. The van der Waals surface area contributed by atoms with E-state index in [0.717, 1.165) is 31.4 Å². The Morgan fingerprint density at radius 2 is 2.08 bits per heavy atom. The van der Waals surface area contributed by atoms with Gasteiger partial charge >= 0.3 is 0 Å². The lowest BCUT2D eigenvalue weighted by Crippen LogP contribution is -2.46. The second kappa shape index (κ2) is 7.81. The summed E-state index contributed by atoms with van der Waals surface area (Å²) in [6, 6.07) is 9.04. The molecule has 2 aromatic rings. The molecule has 0 aliphatic carbocycles. The van der Waals surface area contributed by atoms with Crippen molar-refractivity contribution in [3.8, 4) is 0 Å². The maximum atomic E-state index is 12.7. The summed E-state index contributed by atoms with van der Waals surface area (Å²) in [5.74, 6) is 0.461. The number of fused-ring (bicyclic) bond motifs is 1. The van der Waals surface area contributed by atoms with Crippen molar-refractivity contribution >= 4 is 29.2 Å². The number of likely N-dealkylation sites (tertiary alicyclic amines) is 1. The van der Waals surface area contributed by atoms with E-state index in [-0.39, 0.29) is 36.3 Å². The van der Waals surface area contributed by atoms with Crippen LogP contribution in [-0.2, 0) is 11.3 Å². The van der Waals surface area contributed by atoms with Gasteiger partial charge in [-0.15, -0.1) is 12.4 Å². The number of para-hydroxylation sites is 1. The molecule has 1 aliphatic heterocycles. The Hall–Kier alpha value is -1.85. The number of amides is 1. The van der Waals surface area contributed by atoms with Gasteiger partial charge < -0.3 is 15.2 Å². The van der Waals surface area contributed by atoms with Crippen molar-refractivity contribution in [2.75, 3.05) is 13.1 Å². The molecule has 0 bridgehead atoms. The Morgan fingerprint density at radius 1 is 1.33 bits per heavy atom. The van der Waals surface area contributed by atoms with E-state index in [2.05, 4.69) is 0 Å². The fraction of sp³-hybridized carbons (Fsp3) is 0.444. The van der Waals surface area contributed by atoms with Gasteiger partial charge in [-0.2, -0.15) is 0 Å². The molecule has 0 saturated carbocycles. The van der Waals surface area contributed by atoms with Crippen LogP contribution in [0.25, 0.3) is 10.9 Å². The van der Waals surface area contributed by atoms with Crippen LogP contribution in [0.2, 0.25) is 0 Å². The summed E-state index contributed by atoms with van der Waals surface area (Å²) in [6.45, 7) is 3.79. The van der Waals surface area contributed by atoms with Gasteiger partial charge in [0.2, 0.25) is 5.91 Å². The highest BCUT2D eigenvalue weighted by molar-refractivity contribution is 5.85. The minimum absolute atomic E-state index is 0. The lowest BCUT2D eigenvalue weighted by atomic mass is 9.92. The van der Waals surface area contributed by atoms with E-state index in [1.54, 1.807) is 12.3 Å². The highest BCUT2D eigenvalue weighted by Crippen LogP contribution is 2.19. The summed E-state index contributed by atoms with van der Waals surface area (Å²) in [5.41, 5.74) is 6.78. The number of nitrogens with two attached hydrogens (primary N) is 1. The highest BCUT2D eigenvalue weighted by atomic mass is 35.5. The predicted octanol–water partition coefficient (Wildman–Crippen LogP) is 2.01. The second-order valence-corrected chi connectivity index (χ2v) is 6.43. The van der Waals surface area contributed by atoms with Gasteiger partial charge in [0.15, 0.2) is 5.43 Å². The van der Waals surface area contributed by atoms with Crippen molar-refractivity contribution < 1.29 is 4.79 Å². The molecular formula is C18H24ClN3O2. The van der Waals surface area contributed by atoms with Crippen molar-refractivity contribution in [1.82, 2.24) is 9.47 Å². The van der Waals surface area contributed by atoms with Gasteiger partial charge in [-0.1, -0.05) is 12.1 Å². The van der Waals surface area contributed by atoms with Crippen molar-refractivity contribution in [3.63, 3.8) is 0 Å². The molecule has 1 fully saturated rings. The number of rotatable bonds is 3. The van der Waals surface area contributed by atoms with Crippen LogP contribution in [-0.4, -0.2) is 34.5 Å². The van der Waals surface area contributed by atoms with Crippen LogP contribution in [0.3, 0.4) is 0 Å². The Balaban J connectivity index is 0.00000208. The topological polar surface area (TPSA) is 68.3 Å². The van der Waals surface area contributed by atoms with Crippen LogP contribution in [0, 0.1) is 5.92 Å². The van der Waals surface area contributed by atoms with Gasteiger partial charge in [-0.25, -0.2) is 0 Å². The molecule has 1 saturated heterocycles. The molecule has 1 aromatic carbocycles. The molecule has 0 spiro atoms. The minimum Gasteiger partial charge on any atom is -0.341 e. The van der Waals surface area contributed by atoms with Crippen LogP contribution in [0.4, 0.5) is 0 Å². The number of halogens is 1. The average Bonchev–Trinajstić information content (AvgIpc) is 2.57. The Labute approximate surface area is 147 Å². The molecule has 130 valence electrons. The van der Waals surface area contributed by atoms with Crippen LogP contribution in [0.5, 0.6) is 0 Å². The number of pyridine rings is 1. The van der Waals surface area contributed by atoms with Crippen molar-refractivity contribution in [1.29, 1.82) is 0 Å². The first-order valence-corrected chi connectivity index (χ1v) is 8.18. The first-order valence-electron chi connectivity index (χ1n) is 8.18. The third-order valence-corrected chi connectivity index (χ3v) is 4.74. The van der Waals surface area contributed by atoms with E-state index >= 15 is 0 Å². The summed E-state index contributed by atoms with van der Waals surface area (Å²) >= 11 is 0. The standard InChI is InChI=1S/C18H23N3O2.ClH/c1-13(19)14-5-4-9-21(11-14)18(23)12-20-10-8-17(22)15-6-2-3-7-16(15)20;/h2-3,6-8,10,13-14H,4-5,9,11-12,19H2,1H3;1H. The third-order valence-electron chi connectivity index (χ3n) is 4.74. The van der Waals surface area contributed by atoms with Gasteiger partial charge in [0.1, 0.15) is 6.54 Å². The molecule has 1 amide bonds. The van der Waals surface area contributed by atoms with Crippen molar-refractivity contribution in [3.05, 3.63) is 46.8 Å². The average molecular weight is 350 g/mol. The first kappa shape index (κ1) is 18.5. The molecule has 3 rings (SSSR count). The Kier molecular flexibility index (Phi) is 6.02. The number of piperidine rings is 1. The third kappa shape index (κ3) is 3.79. The SMILES string of the molecule is CC(N)C1CCCN(C(=O)Cn2ccc(=O)c3ccccc32)C1.Cl. The summed E-state index contributed by atoms with van der Waals surface area (Å²) < 4.78 is 1.86. The fourth-order valence-electron chi connectivity index (χ4n) is 3.31. The largest absolute Gasteiger partial charge is 0.341 e. The lowest BCUT2D eigenvalue weighted by molar-refractivity contribution is -0.133. The molecular weight excluding hydrogens is 326 g/mol. The zero-order chi connectivity index (χ0) is 16.4. The van der Waals surface area contributed by atoms with Gasteiger partial charge in [0.05, 0.1) is 5.52 Å². The van der Waals surface area contributed by atoms with Crippen LogP contribution < -0.4 is 11.2 Å². The van der Waals surface area contributed by atoms with Gasteiger partial charge in [-0.3, -0.25) is 9.59 Å². The van der Waals surface area contributed by atoms with E-state index in [9.17, 15) is 9.59 Å². The summed E-state index contributed by atoms with van der Waals surface area (Å²) in [5, 5.41) is 0.648. The Morgan fingerprint density at radius 3 is 2.83 bits per heavy atom. The quantitative estimate of drug-likeness (QED) is 0.921. The molecule has 2 N–H and O–H groups in total. The zero-order valence-electron chi connectivity index (χ0n) is 13.9. The van der Waals surface area contributed by atoms with Crippen molar-refractivity contribution in [2.24, 2.45) is 11.7 Å². The molecule has 2 unspecified atom stereocenters. The highest BCUT2D eigenvalue weighted by Gasteiger charge is 2.25. The molecule has 6 heteroatoms. The van der Waals surface area contributed by atoms with E-state index in [1.165, 1.54) is 6.07 Å². The predicted molar refractivity (Wildman–Crippen MR) is 98.4 cm³/mol. The maximum Gasteiger partial charge on any atom is 0.242 e. The minimum atomic E-state index is -0.0145. The molecule has 24 heavy (non-hydrogen) atoms. The van der Waals surface area contributed by atoms with Gasteiger partial charge in [-0.05, 0) is 37.8 Å². The molecule has 1 aromatic heterocycles. The van der Waals surface area contributed by atoms with E-state index in [0.29, 0.717) is 11.3 Å². The van der Waals surface area contributed by atoms with Crippen molar-refractivity contribution in [2.45, 2.75) is 32.4 Å². The van der Waals surface area contributed by atoms with Crippen LogP contribution in [0.15, 0.2) is 41.3 Å².